The highest BCUT2D eigenvalue weighted by Gasteiger charge is 2.27. The van der Waals surface area contributed by atoms with Gasteiger partial charge in [-0.25, -0.2) is 0 Å². The van der Waals surface area contributed by atoms with Gasteiger partial charge in [0.2, 0.25) is 0 Å². The summed E-state index contributed by atoms with van der Waals surface area (Å²) in [4.78, 5) is 28.2. The van der Waals surface area contributed by atoms with Crippen molar-refractivity contribution in [2.24, 2.45) is 5.92 Å². The van der Waals surface area contributed by atoms with E-state index in [2.05, 4.69) is 6.08 Å². The molecule has 0 heterocycles. The molecule has 44 heavy (non-hydrogen) atoms. The average molecular weight is 585 g/mol. The molecule has 0 amide bonds. The molecule has 6 rings (SSSR count). The van der Waals surface area contributed by atoms with Crippen molar-refractivity contribution >= 4 is 11.6 Å². The van der Waals surface area contributed by atoms with Crippen LogP contribution in [0.4, 0.5) is 0 Å². The molecular formula is C40H40O4. The summed E-state index contributed by atoms with van der Waals surface area (Å²) in [6.45, 7) is 0.831. The van der Waals surface area contributed by atoms with Gasteiger partial charge in [0, 0.05) is 17.0 Å². The van der Waals surface area contributed by atoms with Crippen LogP contribution in [0.1, 0.15) is 89.6 Å². The Morgan fingerprint density at radius 2 is 1.18 bits per heavy atom. The van der Waals surface area contributed by atoms with Crippen molar-refractivity contribution in [1.82, 2.24) is 0 Å². The van der Waals surface area contributed by atoms with Crippen molar-refractivity contribution in [2.45, 2.75) is 71.0 Å². The van der Waals surface area contributed by atoms with Crippen LogP contribution in [0.5, 0.6) is 11.5 Å². The first kappa shape index (κ1) is 29.6. The van der Waals surface area contributed by atoms with E-state index in [9.17, 15) is 9.59 Å². The third-order valence-electron chi connectivity index (χ3n) is 8.84. The lowest BCUT2D eigenvalue weighted by Crippen LogP contribution is -2.19. The van der Waals surface area contributed by atoms with Crippen molar-refractivity contribution in [3.05, 3.63) is 131 Å². The Bertz CT molecular complexity index is 1610. The molecule has 0 saturated heterocycles. The molecule has 0 spiro atoms. The Morgan fingerprint density at radius 1 is 0.614 bits per heavy atom. The van der Waals surface area contributed by atoms with Crippen molar-refractivity contribution in [3.63, 3.8) is 0 Å². The zero-order chi connectivity index (χ0) is 30.1. The fourth-order valence-corrected chi connectivity index (χ4v) is 6.37. The third kappa shape index (κ3) is 7.19. The Balaban J connectivity index is 1.38. The van der Waals surface area contributed by atoms with Crippen molar-refractivity contribution in [2.75, 3.05) is 0 Å². The van der Waals surface area contributed by atoms with Gasteiger partial charge in [-0.3, -0.25) is 9.59 Å². The highest BCUT2D eigenvalue weighted by atomic mass is 16.5. The van der Waals surface area contributed by atoms with Crippen LogP contribution in [-0.4, -0.2) is 11.6 Å². The Morgan fingerprint density at radius 3 is 1.75 bits per heavy atom. The summed E-state index contributed by atoms with van der Waals surface area (Å²) in [5.41, 5.74) is 5.73. The topological polar surface area (TPSA) is 52.6 Å². The van der Waals surface area contributed by atoms with Crippen molar-refractivity contribution < 1.29 is 19.1 Å². The molecule has 0 bridgehead atoms. The van der Waals surface area contributed by atoms with Crippen LogP contribution in [-0.2, 0) is 13.2 Å². The quantitative estimate of drug-likeness (QED) is 0.165. The van der Waals surface area contributed by atoms with E-state index >= 15 is 0 Å². The van der Waals surface area contributed by atoms with Crippen LogP contribution in [0.25, 0.3) is 11.1 Å². The van der Waals surface area contributed by atoms with Gasteiger partial charge in [0.1, 0.15) is 24.7 Å². The molecule has 2 aliphatic carbocycles. The number of carbonyl (C=O) groups is 2. The van der Waals surface area contributed by atoms with E-state index in [1.807, 2.05) is 97.1 Å². The van der Waals surface area contributed by atoms with Crippen molar-refractivity contribution in [3.8, 4) is 22.6 Å². The zero-order valence-corrected chi connectivity index (χ0v) is 25.3. The maximum atomic E-state index is 14.2. The van der Waals surface area contributed by atoms with Crippen molar-refractivity contribution in [1.29, 1.82) is 0 Å². The van der Waals surface area contributed by atoms with Gasteiger partial charge in [0.05, 0.1) is 0 Å². The lowest BCUT2D eigenvalue weighted by atomic mass is 9.81. The zero-order valence-electron chi connectivity index (χ0n) is 25.3. The maximum absolute atomic E-state index is 14.2. The van der Waals surface area contributed by atoms with E-state index in [4.69, 9.17) is 9.47 Å². The predicted octanol–water partition coefficient (Wildman–Crippen LogP) is 9.96. The van der Waals surface area contributed by atoms with Gasteiger partial charge in [-0.2, -0.15) is 0 Å². The molecule has 4 nitrogen and oxygen atoms in total. The highest BCUT2D eigenvalue weighted by Crippen LogP contribution is 2.38. The normalized spacial score (nSPS) is 15.3. The highest BCUT2D eigenvalue weighted by molar-refractivity contribution is 6.14. The Labute approximate surface area is 260 Å². The number of hydrogen-bond acceptors (Lipinski definition) is 4. The summed E-state index contributed by atoms with van der Waals surface area (Å²) in [5, 5.41) is 0. The summed E-state index contributed by atoms with van der Waals surface area (Å²) in [6.07, 6.45) is 11.0. The lowest BCUT2D eigenvalue weighted by Gasteiger charge is -2.23. The SMILES string of the molecule is O=C(C1=CCCCC1)c1cc(OCc2ccccc2)ccc1-c1ccc(OCc2ccccc2)cc1C(=O)C1CCCCC1. The van der Waals surface area contributed by atoms with Gasteiger partial charge in [0.25, 0.3) is 0 Å². The molecule has 0 unspecified atom stereocenters. The van der Waals surface area contributed by atoms with Gasteiger partial charge in [-0.1, -0.05) is 86.0 Å². The summed E-state index contributed by atoms with van der Waals surface area (Å²) >= 11 is 0. The van der Waals surface area contributed by atoms with Crippen LogP contribution in [0.3, 0.4) is 0 Å². The van der Waals surface area contributed by atoms with Crippen LogP contribution in [0, 0.1) is 5.92 Å². The number of ether oxygens (including phenoxy) is 2. The van der Waals surface area contributed by atoms with E-state index in [1.165, 1.54) is 6.42 Å². The molecule has 0 N–H and O–H groups in total. The largest absolute Gasteiger partial charge is 0.489 e. The molecular weight excluding hydrogens is 544 g/mol. The number of benzene rings is 4. The molecule has 4 heteroatoms. The number of ketones is 2. The molecule has 0 atom stereocenters. The monoisotopic (exact) mass is 584 g/mol. The van der Waals surface area contributed by atoms with E-state index in [-0.39, 0.29) is 17.5 Å². The molecule has 4 aromatic rings. The Kier molecular flexibility index (Phi) is 9.66. The molecule has 4 aromatic carbocycles. The standard InChI is InChI=1S/C40H40O4/c41-39(31-17-9-3-10-18-31)37-25-33(43-27-29-13-5-1-6-14-29)21-23-35(37)36-24-22-34(44-28-30-15-7-2-8-16-30)26-38(36)40(42)32-19-11-4-12-20-32/h1-2,5-8,13-17,21-26,32H,3-4,9-12,18-20,27-28H2. The number of rotatable bonds is 11. The maximum Gasteiger partial charge on any atom is 0.189 e. The predicted molar refractivity (Wildman–Crippen MR) is 175 cm³/mol. The second-order valence-electron chi connectivity index (χ2n) is 12.0. The molecule has 0 aliphatic heterocycles. The molecule has 0 radical (unpaired) electrons. The summed E-state index contributed by atoms with van der Waals surface area (Å²) in [6, 6.07) is 31.6. The second kappa shape index (κ2) is 14.4. The van der Waals surface area contributed by atoms with Gasteiger partial charge < -0.3 is 9.47 Å². The average Bonchev–Trinajstić information content (AvgIpc) is 3.10. The summed E-state index contributed by atoms with van der Waals surface area (Å²) in [7, 11) is 0. The second-order valence-corrected chi connectivity index (χ2v) is 12.0. The van der Waals surface area contributed by atoms with E-state index in [0.717, 1.165) is 79.2 Å². The number of carbonyl (C=O) groups excluding carboxylic acids is 2. The first-order valence-corrected chi connectivity index (χ1v) is 16.1. The number of hydrogen-bond donors (Lipinski definition) is 0. The molecule has 1 saturated carbocycles. The van der Waals surface area contributed by atoms with Crippen LogP contribution in [0.15, 0.2) is 109 Å². The molecule has 0 aromatic heterocycles. The summed E-state index contributed by atoms with van der Waals surface area (Å²) in [5.74, 6) is 1.44. The molecule has 224 valence electrons. The minimum atomic E-state index is -0.0134. The fourth-order valence-electron chi connectivity index (χ4n) is 6.37. The lowest BCUT2D eigenvalue weighted by molar-refractivity contribution is 0.0889. The minimum Gasteiger partial charge on any atom is -0.489 e. The van der Waals surface area contributed by atoms with Crippen LogP contribution < -0.4 is 9.47 Å². The first-order valence-electron chi connectivity index (χ1n) is 16.1. The van der Waals surface area contributed by atoms with Gasteiger partial charge >= 0.3 is 0 Å². The van der Waals surface area contributed by atoms with Crippen LogP contribution in [0.2, 0.25) is 0 Å². The molecule has 2 aliphatic rings. The van der Waals surface area contributed by atoms with E-state index in [1.54, 1.807) is 0 Å². The minimum absolute atomic E-state index is 0.0134. The fraction of sp³-hybridized carbons (Fsp3) is 0.300. The van der Waals surface area contributed by atoms with Gasteiger partial charge in [-0.05, 0) is 103 Å². The van der Waals surface area contributed by atoms with E-state index in [0.29, 0.717) is 35.8 Å². The third-order valence-corrected chi connectivity index (χ3v) is 8.84. The van der Waals surface area contributed by atoms with Crippen LogP contribution >= 0.6 is 0 Å². The Hall–Kier alpha value is -4.44. The number of Topliss-reactive ketones (excluding diaryl/α,β-unsaturated/α-hetero) is 2. The first-order chi connectivity index (χ1) is 21.7. The molecule has 1 fully saturated rings. The van der Waals surface area contributed by atoms with Gasteiger partial charge in [-0.15, -0.1) is 0 Å². The number of allylic oxidation sites excluding steroid dienone is 2. The van der Waals surface area contributed by atoms with E-state index < -0.39 is 0 Å². The van der Waals surface area contributed by atoms with Gasteiger partial charge in [0.15, 0.2) is 11.6 Å². The summed E-state index contributed by atoms with van der Waals surface area (Å²) < 4.78 is 12.3. The smallest absolute Gasteiger partial charge is 0.189 e.